The summed E-state index contributed by atoms with van der Waals surface area (Å²) < 4.78 is 0. The smallest absolute Gasteiger partial charge is 0.121 e. The summed E-state index contributed by atoms with van der Waals surface area (Å²) in [6, 6.07) is 25.3. The van der Waals surface area contributed by atoms with Crippen LogP contribution in [0.3, 0.4) is 0 Å². The molecule has 0 saturated carbocycles. The first-order valence-electron chi connectivity index (χ1n) is 10.7. The van der Waals surface area contributed by atoms with Crippen LogP contribution in [-0.4, -0.2) is 10.2 Å². The molecule has 0 amide bonds. The number of aryl methyl sites for hydroxylation is 2. The summed E-state index contributed by atoms with van der Waals surface area (Å²) >= 11 is 0. The van der Waals surface area contributed by atoms with Gasteiger partial charge in [-0.25, -0.2) is 0 Å². The first-order chi connectivity index (χ1) is 14.9. The molecular formula is C29H26O2. The van der Waals surface area contributed by atoms with Crippen LogP contribution in [0.5, 0.6) is 11.5 Å². The van der Waals surface area contributed by atoms with Crippen molar-refractivity contribution in [2.24, 2.45) is 0 Å². The first kappa shape index (κ1) is 19.4. The Morgan fingerprint density at radius 1 is 0.484 bits per heavy atom. The number of phenols is 2. The third-order valence-electron chi connectivity index (χ3n) is 7.03. The van der Waals surface area contributed by atoms with Gasteiger partial charge >= 0.3 is 0 Å². The van der Waals surface area contributed by atoms with Crippen LogP contribution in [0.15, 0.2) is 72.8 Å². The zero-order valence-corrected chi connectivity index (χ0v) is 18.3. The van der Waals surface area contributed by atoms with Crippen LogP contribution >= 0.6 is 0 Å². The maximum absolute atomic E-state index is 10.9. The van der Waals surface area contributed by atoms with Crippen molar-refractivity contribution in [3.8, 4) is 22.6 Å². The van der Waals surface area contributed by atoms with E-state index in [1.807, 2.05) is 39.8 Å². The van der Waals surface area contributed by atoms with E-state index in [1.54, 1.807) is 0 Å². The van der Waals surface area contributed by atoms with Gasteiger partial charge in [0, 0.05) is 0 Å². The zero-order valence-electron chi connectivity index (χ0n) is 18.3. The molecule has 0 spiro atoms. The van der Waals surface area contributed by atoms with Crippen molar-refractivity contribution in [1.29, 1.82) is 0 Å². The Bertz CT molecular complexity index is 1240. The van der Waals surface area contributed by atoms with Gasteiger partial charge in [-0.15, -0.1) is 0 Å². The summed E-state index contributed by atoms with van der Waals surface area (Å²) in [6.07, 6.45) is 0. The van der Waals surface area contributed by atoms with E-state index in [0.717, 1.165) is 33.4 Å². The third kappa shape index (κ3) is 2.45. The molecule has 5 rings (SSSR count). The number of hydrogen-bond acceptors (Lipinski definition) is 2. The minimum absolute atomic E-state index is 0.327. The zero-order chi connectivity index (χ0) is 21.9. The second kappa shape index (κ2) is 6.75. The molecule has 1 aliphatic carbocycles. The molecule has 2 heteroatoms. The largest absolute Gasteiger partial charge is 0.507 e. The number of benzene rings is 4. The third-order valence-corrected chi connectivity index (χ3v) is 7.03. The Labute approximate surface area is 183 Å². The SMILES string of the molecule is Cc1ccc(C2(c3ccc(C)c(O)c3C)c3ccccc3-c3ccccc32)c(C)c1O. The molecule has 4 aromatic carbocycles. The van der Waals surface area contributed by atoms with Gasteiger partial charge < -0.3 is 10.2 Å². The number of phenolic OH excluding ortho intramolecular Hbond substituents is 2. The lowest BCUT2D eigenvalue weighted by Gasteiger charge is -2.36. The first-order valence-corrected chi connectivity index (χ1v) is 10.7. The van der Waals surface area contributed by atoms with Crippen LogP contribution in [-0.2, 0) is 5.41 Å². The van der Waals surface area contributed by atoms with Gasteiger partial charge in [0.15, 0.2) is 0 Å². The summed E-state index contributed by atoms with van der Waals surface area (Å²) in [5, 5.41) is 21.8. The fourth-order valence-corrected chi connectivity index (χ4v) is 5.44. The molecule has 0 radical (unpaired) electrons. The lowest BCUT2D eigenvalue weighted by molar-refractivity contribution is 0.462. The second-order valence-corrected chi connectivity index (χ2v) is 8.65. The molecular weight excluding hydrogens is 380 g/mol. The van der Waals surface area contributed by atoms with Crippen molar-refractivity contribution < 1.29 is 10.2 Å². The lowest BCUT2D eigenvalue weighted by atomic mass is 9.65. The summed E-state index contributed by atoms with van der Waals surface area (Å²) in [7, 11) is 0. The van der Waals surface area contributed by atoms with E-state index in [4.69, 9.17) is 0 Å². The highest BCUT2D eigenvalue weighted by atomic mass is 16.3. The van der Waals surface area contributed by atoms with E-state index in [1.165, 1.54) is 22.3 Å². The average Bonchev–Trinajstić information content (AvgIpc) is 3.07. The van der Waals surface area contributed by atoms with E-state index in [2.05, 4.69) is 60.7 Å². The van der Waals surface area contributed by atoms with Crippen molar-refractivity contribution in [2.45, 2.75) is 33.1 Å². The topological polar surface area (TPSA) is 40.5 Å². The Balaban J connectivity index is 2.04. The fraction of sp³-hybridized carbons (Fsp3) is 0.172. The normalized spacial score (nSPS) is 13.7. The molecule has 2 N–H and O–H groups in total. The Kier molecular flexibility index (Phi) is 4.23. The summed E-state index contributed by atoms with van der Waals surface area (Å²) in [4.78, 5) is 0. The predicted octanol–water partition coefficient (Wildman–Crippen LogP) is 6.69. The molecule has 31 heavy (non-hydrogen) atoms. The van der Waals surface area contributed by atoms with E-state index in [9.17, 15) is 10.2 Å². The van der Waals surface area contributed by atoms with Crippen LogP contribution in [0.25, 0.3) is 11.1 Å². The van der Waals surface area contributed by atoms with Crippen molar-refractivity contribution in [3.63, 3.8) is 0 Å². The number of fused-ring (bicyclic) bond motifs is 3. The van der Waals surface area contributed by atoms with Gasteiger partial charge in [-0.2, -0.15) is 0 Å². The Hall–Kier alpha value is -3.52. The Morgan fingerprint density at radius 2 is 0.871 bits per heavy atom. The molecule has 0 fully saturated rings. The van der Waals surface area contributed by atoms with Gasteiger partial charge in [-0.3, -0.25) is 0 Å². The highest BCUT2D eigenvalue weighted by Gasteiger charge is 2.48. The van der Waals surface area contributed by atoms with Crippen LogP contribution in [0.1, 0.15) is 44.5 Å². The van der Waals surface area contributed by atoms with Gasteiger partial charge in [0.2, 0.25) is 0 Å². The van der Waals surface area contributed by atoms with Crippen molar-refractivity contribution in [3.05, 3.63) is 117 Å². The molecule has 0 atom stereocenters. The monoisotopic (exact) mass is 406 g/mol. The molecule has 0 aliphatic heterocycles. The molecule has 2 nitrogen and oxygen atoms in total. The highest BCUT2D eigenvalue weighted by Crippen LogP contribution is 2.58. The van der Waals surface area contributed by atoms with E-state index >= 15 is 0 Å². The predicted molar refractivity (Wildman–Crippen MR) is 126 cm³/mol. The number of aromatic hydroxyl groups is 2. The van der Waals surface area contributed by atoms with Gasteiger partial charge in [-0.1, -0.05) is 72.8 Å². The molecule has 0 unspecified atom stereocenters. The van der Waals surface area contributed by atoms with Crippen LogP contribution < -0.4 is 0 Å². The van der Waals surface area contributed by atoms with E-state index < -0.39 is 5.41 Å². The maximum Gasteiger partial charge on any atom is 0.121 e. The van der Waals surface area contributed by atoms with Crippen molar-refractivity contribution in [1.82, 2.24) is 0 Å². The van der Waals surface area contributed by atoms with Crippen molar-refractivity contribution >= 4 is 0 Å². The van der Waals surface area contributed by atoms with Gasteiger partial charge in [0.1, 0.15) is 11.5 Å². The molecule has 154 valence electrons. The standard InChI is InChI=1S/C29H26O2/c1-17-13-15-23(19(3)27(17)30)29(24-16-14-18(2)28(31)20(24)4)25-11-7-5-9-21(25)22-10-6-8-12-26(22)29/h5-16,30-31H,1-4H3. The highest BCUT2D eigenvalue weighted by molar-refractivity contribution is 5.87. The average molecular weight is 407 g/mol. The minimum atomic E-state index is -0.627. The minimum Gasteiger partial charge on any atom is -0.507 e. The van der Waals surface area contributed by atoms with Crippen molar-refractivity contribution in [2.75, 3.05) is 0 Å². The Morgan fingerprint density at radius 3 is 1.29 bits per heavy atom. The molecule has 0 heterocycles. The summed E-state index contributed by atoms with van der Waals surface area (Å²) in [5.41, 5.74) is 9.64. The van der Waals surface area contributed by atoms with E-state index in [-0.39, 0.29) is 0 Å². The molecule has 1 aliphatic rings. The quantitative estimate of drug-likeness (QED) is 0.343. The summed E-state index contributed by atoms with van der Waals surface area (Å²) in [6.45, 7) is 7.84. The lowest BCUT2D eigenvalue weighted by Crippen LogP contribution is -2.30. The van der Waals surface area contributed by atoms with Gasteiger partial charge in [0.25, 0.3) is 0 Å². The number of hydrogen-bond donors (Lipinski definition) is 2. The molecule has 4 aromatic rings. The molecule has 0 aromatic heterocycles. The van der Waals surface area contributed by atoms with Crippen LogP contribution in [0.4, 0.5) is 0 Å². The molecule has 0 saturated heterocycles. The van der Waals surface area contributed by atoms with Crippen LogP contribution in [0.2, 0.25) is 0 Å². The van der Waals surface area contributed by atoms with Gasteiger partial charge in [0.05, 0.1) is 5.41 Å². The van der Waals surface area contributed by atoms with Crippen LogP contribution in [0, 0.1) is 27.7 Å². The maximum atomic E-state index is 10.9. The molecule has 0 bridgehead atoms. The summed E-state index contributed by atoms with van der Waals surface area (Å²) in [5.74, 6) is 0.653. The second-order valence-electron chi connectivity index (χ2n) is 8.65. The van der Waals surface area contributed by atoms with Gasteiger partial charge in [-0.05, 0) is 83.3 Å². The fourth-order valence-electron chi connectivity index (χ4n) is 5.44. The number of rotatable bonds is 2. The van der Waals surface area contributed by atoms with E-state index in [0.29, 0.717) is 11.5 Å².